The number of nitrogens with zero attached hydrogens (tertiary/aromatic N) is 1. The average Bonchev–Trinajstić information content (AvgIpc) is 2.65. The van der Waals surface area contributed by atoms with Crippen LogP contribution in [0, 0.1) is 0 Å². The van der Waals surface area contributed by atoms with Gasteiger partial charge in [-0.2, -0.15) is 0 Å². The lowest BCUT2D eigenvalue weighted by Crippen LogP contribution is -2.54. The van der Waals surface area contributed by atoms with E-state index >= 15 is 0 Å². The molecule has 0 bridgehead atoms. The van der Waals surface area contributed by atoms with Crippen LogP contribution in [-0.2, 0) is 10.2 Å². The van der Waals surface area contributed by atoms with Crippen LogP contribution in [0.25, 0.3) is 10.9 Å². The van der Waals surface area contributed by atoms with Crippen LogP contribution < -0.4 is 10.9 Å². The van der Waals surface area contributed by atoms with Crippen molar-refractivity contribution in [2.24, 2.45) is 0 Å². The summed E-state index contributed by atoms with van der Waals surface area (Å²) in [6, 6.07) is 20.8. The molecule has 1 aliphatic rings. The van der Waals surface area contributed by atoms with Crippen molar-refractivity contribution in [2.45, 2.75) is 24.7 Å². The van der Waals surface area contributed by atoms with E-state index in [1.165, 1.54) is 0 Å². The van der Waals surface area contributed by atoms with Crippen molar-refractivity contribution in [2.75, 3.05) is 0 Å². The van der Waals surface area contributed by atoms with E-state index in [0.717, 1.165) is 35.7 Å². The lowest BCUT2D eigenvalue weighted by Gasteiger charge is -2.40. The summed E-state index contributed by atoms with van der Waals surface area (Å²) in [5.41, 5.74) is 6.55. The van der Waals surface area contributed by atoms with E-state index in [2.05, 4.69) is 15.8 Å². The SMILES string of the molecule is O=C(NNC(=O)C1(c2ccccc2)CCC1)c1ccc2ccccc2n1. The summed E-state index contributed by atoms with van der Waals surface area (Å²) in [7, 11) is 0. The number of aromatic nitrogens is 1. The zero-order valence-corrected chi connectivity index (χ0v) is 14.2. The molecule has 130 valence electrons. The molecular weight excluding hydrogens is 326 g/mol. The summed E-state index contributed by atoms with van der Waals surface area (Å²) >= 11 is 0. The van der Waals surface area contributed by atoms with Crippen LogP contribution in [0.1, 0.15) is 35.3 Å². The molecule has 0 aliphatic heterocycles. The molecule has 0 unspecified atom stereocenters. The highest BCUT2D eigenvalue weighted by atomic mass is 16.2. The van der Waals surface area contributed by atoms with Crippen molar-refractivity contribution in [3.05, 3.63) is 78.0 Å². The lowest BCUT2D eigenvalue weighted by atomic mass is 9.64. The molecule has 1 saturated carbocycles. The largest absolute Gasteiger partial charge is 0.288 e. The van der Waals surface area contributed by atoms with Crippen molar-refractivity contribution < 1.29 is 9.59 Å². The molecule has 26 heavy (non-hydrogen) atoms. The van der Waals surface area contributed by atoms with Crippen molar-refractivity contribution >= 4 is 22.7 Å². The highest BCUT2D eigenvalue weighted by molar-refractivity contribution is 5.97. The number of carbonyl (C=O) groups is 2. The van der Waals surface area contributed by atoms with E-state index in [1.54, 1.807) is 6.07 Å². The zero-order valence-electron chi connectivity index (χ0n) is 14.2. The van der Waals surface area contributed by atoms with E-state index < -0.39 is 11.3 Å². The summed E-state index contributed by atoms with van der Waals surface area (Å²) in [6.07, 6.45) is 2.57. The monoisotopic (exact) mass is 345 g/mol. The zero-order chi connectivity index (χ0) is 18.0. The number of benzene rings is 2. The molecule has 1 aromatic heterocycles. The Morgan fingerprint density at radius 1 is 0.846 bits per heavy atom. The van der Waals surface area contributed by atoms with Crippen molar-refractivity contribution in [3.63, 3.8) is 0 Å². The fourth-order valence-electron chi connectivity index (χ4n) is 3.42. The second-order valence-corrected chi connectivity index (χ2v) is 6.60. The maximum Gasteiger partial charge on any atom is 0.288 e. The fraction of sp³-hybridized carbons (Fsp3) is 0.190. The normalized spacial score (nSPS) is 15.1. The topological polar surface area (TPSA) is 71.1 Å². The Morgan fingerprint density at radius 3 is 2.31 bits per heavy atom. The number of hydrogen-bond acceptors (Lipinski definition) is 3. The quantitative estimate of drug-likeness (QED) is 0.717. The van der Waals surface area contributed by atoms with Gasteiger partial charge in [0.05, 0.1) is 10.9 Å². The molecule has 0 radical (unpaired) electrons. The molecule has 3 aromatic rings. The number of hydrogen-bond donors (Lipinski definition) is 2. The molecule has 0 spiro atoms. The first-order valence-corrected chi connectivity index (χ1v) is 8.71. The van der Waals surface area contributed by atoms with Gasteiger partial charge in [0.25, 0.3) is 5.91 Å². The molecule has 2 aromatic carbocycles. The van der Waals surface area contributed by atoms with Gasteiger partial charge in [-0.05, 0) is 30.5 Å². The highest BCUT2D eigenvalue weighted by Gasteiger charge is 2.45. The standard InChI is InChI=1S/C21H19N3O2/c25-19(18-12-11-15-7-4-5-10-17(15)22-18)23-24-20(26)21(13-6-14-21)16-8-2-1-3-9-16/h1-5,7-12H,6,13-14H2,(H,23,25)(H,24,26). The van der Waals surface area contributed by atoms with Crippen molar-refractivity contribution in [1.82, 2.24) is 15.8 Å². The number of nitrogens with one attached hydrogen (secondary N) is 2. The van der Waals surface area contributed by atoms with Crippen LogP contribution in [0.15, 0.2) is 66.7 Å². The molecule has 4 rings (SSSR count). The summed E-state index contributed by atoms with van der Waals surface area (Å²) < 4.78 is 0. The van der Waals surface area contributed by atoms with Gasteiger partial charge in [-0.25, -0.2) is 4.98 Å². The molecule has 1 heterocycles. The summed E-state index contributed by atoms with van der Waals surface area (Å²) in [5.74, 6) is -0.601. The number of pyridine rings is 1. The van der Waals surface area contributed by atoms with Crippen molar-refractivity contribution in [1.29, 1.82) is 0 Å². The first-order valence-electron chi connectivity index (χ1n) is 8.71. The van der Waals surface area contributed by atoms with Gasteiger partial charge >= 0.3 is 0 Å². The number of fused-ring (bicyclic) bond motifs is 1. The Balaban J connectivity index is 1.47. The van der Waals surface area contributed by atoms with E-state index in [4.69, 9.17) is 0 Å². The van der Waals surface area contributed by atoms with Gasteiger partial charge in [0.2, 0.25) is 5.91 Å². The Kier molecular flexibility index (Phi) is 4.13. The number of hydrazine groups is 1. The van der Waals surface area contributed by atoms with Gasteiger partial charge in [0, 0.05) is 5.39 Å². The van der Waals surface area contributed by atoms with E-state index in [-0.39, 0.29) is 11.6 Å². The van der Waals surface area contributed by atoms with Gasteiger partial charge < -0.3 is 0 Å². The summed E-state index contributed by atoms with van der Waals surface area (Å²) in [6.45, 7) is 0. The predicted octanol–water partition coefficient (Wildman–Crippen LogP) is 3.12. The molecule has 5 nitrogen and oxygen atoms in total. The van der Waals surface area contributed by atoms with Gasteiger partial charge in [-0.1, -0.05) is 61.0 Å². The van der Waals surface area contributed by atoms with Crippen LogP contribution in [-0.4, -0.2) is 16.8 Å². The molecule has 1 fully saturated rings. The Morgan fingerprint density at radius 2 is 1.58 bits per heavy atom. The van der Waals surface area contributed by atoms with Gasteiger partial charge in [0.1, 0.15) is 5.69 Å². The maximum atomic E-state index is 12.7. The lowest BCUT2D eigenvalue weighted by molar-refractivity contribution is -0.130. The van der Waals surface area contributed by atoms with Gasteiger partial charge in [-0.3, -0.25) is 20.4 Å². The average molecular weight is 345 g/mol. The molecule has 0 atom stereocenters. The number of carbonyl (C=O) groups excluding carboxylic acids is 2. The molecule has 0 saturated heterocycles. The number of amides is 2. The highest BCUT2D eigenvalue weighted by Crippen LogP contribution is 2.43. The minimum absolute atomic E-state index is 0.177. The van der Waals surface area contributed by atoms with E-state index in [1.807, 2.05) is 60.7 Å². The fourth-order valence-corrected chi connectivity index (χ4v) is 3.42. The van der Waals surface area contributed by atoms with Crippen LogP contribution >= 0.6 is 0 Å². The first-order chi connectivity index (χ1) is 12.7. The molecule has 5 heteroatoms. The molecule has 2 N–H and O–H groups in total. The minimum atomic E-state index is -0.550. The molecule has 2 amide bonds. The number of rotatable bonds is 3. The minimum Gasteiger partial charge on any atom is -0.272 e. The summed E-state index contributed by atoms with van der Waals surface area (Å²) in [5, 5.41) is 0.964. The predicted molar refractivity (Wildman–Crippen MR) is 99.3 cm³/mol. The second kappa shape index (κ2) is 6.59. The first kappa shape index (κ1) is 16.3. The van der Waals surface area contributed by atoms with E-state index in [9.17, 15) is 9.59 Å². The van der Waals surface area contributed by atoms with Crippen LogP contribution in [0.5, 0.6) is 0 Å². The molecule has 1 aliphatic carbocycles. The van der Waals surface area contributed by atoms with Crippen LogP contribution in [0.3, 0.4) is 0 Å². The van der Waals surface area contributed by atoms with E-state index in [0.29, 0.717) is 0 Å². The summed E-state index contributed by atoms with van der Waals surface area (Å²) in [4.78, 5) is 29.5. The van der Waals surface area contributed by atoms with Crippen molar-refractivity contribution in [3.8, 4) is 0 Å². The second-order valence-electron chi connectivity index (χ2n) is 6.60. The van der Waals surface area contributed by atoms with Gasteiger partial charge in [-0.15, -0.1) is 0 Å². The Hall–Kier alpha value is -3.21. The Labute approximate surface area is 151 Å². The van der Waals surface area contributed by atoms with Crippen LogP contribution in [0.4, 0.5) is 0 Å². The maximum absolute atomic E-state index is 12.7. The van der Waals surface area contributed by atoms with Crippen LogP contribution in [0.2, 0.25) is 0 Å². The number of para-hydroxylation sites is 1. The third-order valence-electron chi connectivity index (χ3n) is 5.09. The third kappa shape index (κ3) is 2.81. The third-order valence-corrected chi connectivity index (χ3v) is 5.09. The Bertz CT molecular complexity index is 965. The van der Waals surface area contributed by atoms with Gasteiger partial charge in [0.15, 0.2) is 0 Å². The smallest absolute Gasteiger partial charge is 0.272 e. The molecular formula is C21H19N3O2.